The lowest BCUT2D eigenvalue weighted by atomic mass is 9.93. The zero-order chi connectivity index (χ0) is 17.2. The van der Waals surface area contributed by atoms with Crippen molar-refractivity contribution in [2.45, 2.75) is 18.9 Å². The van der Waals surface area contributed by atoms with E-state index in [-0.39, 0.29) is 18.2 Å². The van der Waals surface area contributed by atoms with Crippen molar-refractivity contribution in [2.75, 3.05) is 6.54 Å². The van der Waals surface area contributed by atoms with Crippen molar-refractivity contribution in [1.29, 1.82) is 0 Å². The largest absolute Gasteiger partial charge is 0.325 e. The summed E-state index contributed by atoms with van der Waals surface area (Å²) in [4.78, 5) is 38.2. The first-order valence-electron chi connectivity index (χ1n) is 7.76. The molecule has 1 heterocycles. The Balaban J connectivity index is 1.75. The molecule has 1 aliphatic heterocycles. The van der Waals surface area contributed by atoms with Crippen LogP contribution in [0.3, 0.4) is 0 Å². The van der Waals surface area contributed by atoms with Gasteiger partial charge in [0.1, 0.15) is 5.54 Å². The predicted molar refractivity (Wildman–Crippen MR) is 89.6 cm³/mol. The maximum atomic E-state index is 12.7. The molecule has 2 aromatic carbocycles. The molecule has 0 radical (unpaired) electrons. The van der Waals surface area contributed by atoms with Gasteiger partial charge in [-0.3, -0.25) is 14.5 Å². The highest BCUT2D eigenvalue weighted by Gasteiger charge is 2.48. The molecule has 24 heavy (non-hydrogen) atoms. The van der Waals surface area contributed by atoms with Crippen molar-refractivity contribution >= 4 is 17.7 Å². The Kier molecular flexibility index (Phi) is 4.16. The first-order chi connectivity index (χ1) is 11.5. The number of benzene rings is 2. The summed E-state index contributed by atoms with van der Waals surface area (Å²) in [6.45, 7) is 1.44. The lowest BCUT2D eigenvalue weighted by Gasteiger charge is -2.21. The van der Waals surface area contributed by atoms with Crippen molar-refractivity contribution in [2.24, 2.45) is 0 Å². The summed E-state index contributed by atoms with van der Waals surface area (Å²) in [6, 6.07) is 17.6. The topological polar surface area (TPSA) is 66.5 Å². The van der Waals surface area contributed by atoms with E-state index >= 15 is 0 Å². The van der Waals surface area contributed by atoms with E-state index in [1.54, 1.807) is 37.3 Å². The molecular formula is C19H18N2O3. The summed E-state index contributed by atoms with van der Waals surface area (Å²) < 4.78 is 0. The van der Waals surface area contributed by atoms with Gasteiger partial charge in [-0.05, 0) is 12.5 Å². The van der Waals surface area contributed by atoms with E-state index in [0.29, 0.717) is 12.0 Å². The molecule has 0 unspecified atom stereocenters. The molecule has 0 saturated carbocycles. The Hall–Kier alpha value is -2.95. The first-order valence-corrected chi connectivity index (χ1v) is 7.76. The molecule has 3 rings (SSSR count). The van der Waals surface area contributed by atoms with Crippen LogP contribution in [0.4, 0.5) is 4.79 Å². The number of nitrogens with zero attached hydrogens (tertiary/aromatic N) is 1. The van der Waals surface area contributed by atoms with E-state index in [1.165, 1.54) is 0 Å². The summed E-state index contributed by atoms with van der Waals surface area (Å²) in [7, 11) is 0. The first kappa shape index (κ1) is 15.9. The molecule has 5 nitrogen and oxygen atoms in total. The molecule has 0 bridgehead atoms. The average molecular weight is 322 g/mol. The molecule has 2 aromatic rings. The number of Topliss-reactive ketones (excluding diaryl/α,β-unsaturated/α-hetero) is 1. The van der Waals surface area contributed by atoms with Crippen LogP contribution < -0.4 is 5.32 Å². The number of nitrogens with one attached hydrogen (secondary N) is 1. The van der Waals surface area contributed by atoms with E-state index in [9.17, 15) is 14.4 Å². The monoisotopic (exact) mass is 322 g/mol. The third kappa shape index (κ3) is 3.06. The summed E-state index contributed by atoms with van der Waals surface area (Å²) in [6.07, 6.45) is 0.383. The molecule has 1 aliphatic rings. The Bertz CT molecular complexity index is 774. The van der Waals surface area contributed by atoms with Crippen molar-refractivity contribution in [3.8, 4) is 0 Å². The Labute approximate surface area is 140 Å². The predicted octanol–water partition coefficient (Wildman–Crippen LogP) is 2.42. The number of rotatable bonds is 5. The number of ketones is 1. The van der Waals surface area contributed by atoms with Crippen molar-refractivity contribution in [1.82, 2.24) is 10.2 Å². The van der Waals surface area contributed by atoms with Crippen LogP contribution in [0.1, 0.15) is 22.8 Å². The zero-order valence-corrected chi connectivity index (χ0v) is 13.4. The molecule has 5 heteroatoms. The van der Waals surface area contributed by atoms with E-state index < -0.39 is 11.6 Å². The molecule has 3 amide bonds. The lowest BCUT2D eigenvalue weighted by Crippen LogP contribution is -2.46. The molecule has 0 aliphatic carbocycles. The van der Waals surface area contributed by atoms with Gasteiger partial charge in [0.05, 0.1) is 6.54 Å². The van der Waals surface area contributed by atoms with Gasteiger partial charge in [0.15, 0.2) is 5.78 Å². The van der Waals surface area contributed by atoms with Crippen LogP contribution in [0.2, 0.25) is 0 Å². The second-order valence-corrected chi connectivity index (χ2v) is 6.11. The van der Waals surface area contributed by atoms with Crippen molar-refractivity contribution < 1.29 is 14.4 Å². The standard InChI is InChI=1S/C19H18N2O3/c1-19(12-14-8-4-2-5-9-14)17(23)21(18(24)20-19)13-16(22)15-10-6-3-7-11-15/h2-11H,12-13H2,1H3,(H,20,24)/t19-/m0/s1. The maximum Gasteiger partial charge on any atom is 0.325 e. The van der Waals surface area contributed by atoms with E-state index in [1.807, 2.05) is 30.3 Å². The highest BCUT2D eigenvalue weighted by Crippen LogP contribution is 2.22. The number of carbonyl (C=O) groups is 3. The number of imide groups is 1. The lowest BCUT2D eigenvalue weighted by molar-refractivity contribution is -0.130. The van der Waals surface area contributed by atoms with Gasteiger partial charge in [-0.1, -0.05) is 60.7 Å². The van der Waals surface area contributed by atoms with Crippen LogP contribution >= 0.6 is 0 Å². The fourth-order valence-electron chi connectivity index (χ4n) is 2.87. The van der Waals surface area contributed by atoms with E-state index in [4.69, 9.17) is 0 Å². The van der Waals surface area contributed by atoms with Crippen molar-refractivity contribution in [3.05, 3.63) is 71.8 Å². The third-order valence-electron chi connectivity index (χ3n) is 4.14. The highest BCUT2D eigenvalue weighted by atomic mass is 16.2. The fraction of sp³-hybridized carbons (Fsp3) is 0.211. The smallest absolute Gasteiger partial charge is 0.323 e. The number of carbonyl (C=O) groups excluding carboxylic acids is 3. The van der Waals surface area contributed by atoms with Gasteiger partial charge in [0, 0.05) is 12.0 Å². The summed E-state index contributed by atoms with van der Waals surface area (Å²) in [5.41, 5.74) is 0.398. The van der Waals surface area contributed by atoms with Gasteiger partial charge in [-0.25, -0.2) is 4.79 Å². The molecule has 122 valence electrons. The van der Waals surface area contributed by atoms with Gasteiger partial charge >= 0.3 is 6.03 Å². The van der Waals surface area contributed by atoms with E-state index in [2.05, 4.69) is 5.32 Å². The molecule has 1 N–H and O–H groups in total. The van der Waals surface area contributed by atoms with E-state index in [0.717, 1.165) is 10.5 Å². The molecule has 0 aromatic heterocycles. The quantitative estimate of drug-likeness (QED) is 0.679. The summed E-state index contributed by atoms with van der Waals surface area (Å²) in [5, 5.41) is 2.72. The van der Waals surface area contributed by atoms with Gasteiger partial charge in [0.2, 0.25) is 0 Å². The van der Waals surface area contributed by atoms with Crippen LogP contribution in [0.5, 0.6) is 0 Å². The van der Waals surface area contributed by atoms with Crippen LogP contribution in [-0.4, -0.2) is 34.7 Å². The van der Waals surface area contributed by atoms with Crippen LogP contribution in [0.25, 0.3) is 0 Å². The summed E-state index contributed by atoms with van der Waals surface area (Å²) >= 11 is 0. The average Bonchev–Trinajstić information content (AvgIpc) is 2.79. The highest BCUT2D eigenvalue weighted by molar-refractivity contribution is 6.11. The number of hydrogen-bond donors (Lipinski definition) is 1. The molecule has 0 spiro atoms. The Morgan fingerprint density at radius 3 is 2.21 bits per heavy atom. The maximum absolute atomic E-state index is 12.7. The van der Waals surface area contributed by atoms with Crippen molar-refractivity contribution in [3.63, 3.8) is 0 Å². The molecule has 1 atom stereocenters. The van der Waals surface area contributed by atoms with Gasteiger partial charge in [0.25, 0.3) is 5.91 Å². The van der Waals surface area contributed by atoms with Gasteiger partial charge < -0.3 is 5.32 Å². The van der Waals surface area contributed by atoms with Gasteiger partial charge in [-0.15, -0.1) is 0 Å². The number of amides is 3. The second-order valence-electron chi connectivity index (χ2n) is 6.11. The zero-order valence-electron chi connectivity index (χ0n) is 13.4. The SMILES string of the molecule is C[C@@]1(Cc2ccccc2)NC(=O)N(CC(=O)c2ccccc2)C1=O. The fourth-order valence-corrected chi connectivity index (χ4v) is 2.87. The van der Waals surface area contributed by atoms with Crippen LogP contribution in [0, 0.1) is 0 Å². The van der Waals surface area contributed by atoms with Gasteiger partial charge in [-0.2, -0.15) is 0 Å². The normalized spacial score (nSPS) is 20.1. The minimum absolute atomic E-state index is 0.251. The Morgan fingerprint density at radius 1 is 1.00 bits per heavy atom. The molecular weight excluding hydrogens is 304 g/mol. The number of hydrogen-bond acceptors (Lipinski definition) is 3. The summed E-state index contributed by atoms with van der Waals surface area (Å²) in [5.74, 6) is -0.635. The second kappa shape index (κ2) is 6.28. The Morgan fingerprint density at radius 2 is 1.58 bits per heavy atom. The molecule has 1 saturated heterocycles. The molecule has 1 fully saturated rings. The number of urea groups is 1. The van der Waals surface area contributed by atoms with Crippen LogP contribution in [0.15, 0.2) is 60.7 Å². The van der Waals surface area contributed by atoms with Crippen LogP contribution in [-0.2, 0) is 11.2 Å². The third-order valence-corrected chi connectivity index (χ3v) is 4.14. The minimum atomic E-state index is -1.03. The minimum Gasteiger partial charge on any atom is -0.323 e.